The molecule has 1 heterocycles. The van der Waals surface area contributed by atoms with Crippen molar-refractivity contribution in [2.45, 2.75) is 13.5 Å². The average molecular weight is 481 g/mol. The van der Waals surface area contributed by atoms with Crippen LogP contribution in [-0.4, -0.2) is 37.2 Å². The number of halogens is 2. The maximum atomic E-state index is 12.6. The molecule has 3 aromatic rings. The lowest BCUT2D eigenvalue weighted by Gasteiger charge is -2.14. The van der Waals surface area contributed by atoms with Gasteiger partial charge in [0.25, 0.3) is 10.1 Å². The first kappa shape index (κ1) is 23.1. The Labute approximate surface area is 190 Å². The van der Waals surface area contributed by atoms with Crippen molar-refractivity contribution in [3.63, 3.8) is 0 Å². The number of rotatable bonds is 7. The Bertz CT molecular complexity index is 1200. The molecule has 0 aliphatic heterocycles. The van der Waals surface area contributed by atoms with E-state index in [4.69, 9.17) is 32.1 Å². The Hall–Kier alpha value is -2.52. The van der Waals surface area contributed by atoms with Gasteiger partial charge in [0.2, 0.25) is 0 Å². The molecule has 0 spiro atoms. The van der Waals surface area contributed by atoms with Crippen molar-refractivity contribution in [2.75, 3.05) is 12.9 Å². The van der Waals surface area contributed by atoms with Crippen LogP contribution in [0.4, 0.5) is 0 Å². The van der Waals surface area contributed by atoms with Gasteiger partial charge in [-0.15, -0.1) is 0 Å². The summed E-state index contributed by atoms with van der Waals surface area (Å²) in [5.74, 6) is -0.736. The number of hydrogen-bond acceptors (Lipinski definition) is 7. The zero-order chi connectivity index (χ0) is 22.6. The van der Waals surface area contributed by atoms with Crippen LogP contribution >= 0.6 is 23.2 Å². The van der Waals surface area contributed by atoms with Crippen LogP contribution in [0.1, 0.15) is 23.1 Å². The highest BCUT2D eigenvalue weighted by Crippen LogP contribution is 2.32. The largest absolute Gasteiger partial charge is 0.461 e. The van der Waals surface area contributed by atoms with E-state index in [9.17, 15) is 13.2 Å². The van der Waals surface area contributed by atoms with Gasteiger partial charge >= 0.3 is 5.97 Å². The summed E-state index contributed by atoms with van der Waals surface area (Å²) in [6, 6.07) is 13.7. The topological polar surface area (TPSA) is 95.4 Å². The first-order valence-electron chi connectivity index (χ1n) is 9.12. The van der Waals surface area contributed by atoms with Crippen molar-refractivity contribution < 1.29 is 22.1 Å². The van der Waals surface area contributed by atoms with Gasteiger partial charge < -0.3 is 4.74 Å². The molecule has 0 aliphatic carbocycles. The highest BCUT2D eigenvalue weighted by molar-refractivity contribution is 7.85. The molecule has 0 saturated carbocycles. The minimum Gasteiger partial charge on any atom is -0.461 e. The van der Waals surface area contributed by atoms with E-state index in [1.54, 1.807) is 55.5 Å². The van der Waals surface area contributed by atoms with Crippen LogP contribution in [0, 0.1) is 0 Å². The summed E-state index contributed by atoms with van der Waals surface area (Å²) in [5, 5.41) is 1.07. The molecule has 1 aromatic heterocycles. The number of carbonyl (C=O) groups is 1. The Kier molecular flexibility index (Phi) is 7.27. The standard InChI is InChI=1S/C21H18Cl2N2O5S/c1-3-29-21(26)20-17(12-30-31(2,27)28)24-18(13-4-8-15(22)9-5-13)19(25-20)14-6-10-16(23)11-7-14/h4-11H,3,12H2,1-2H3. The number of esters is 1. The Balaban J connectivity index is 2.25. The molecule has 7 nitrogen and oxygen atoms in total. The van der Waals surface area contributed by atoms with Gasteiger partial charge in [0.1, 0.15) is 12.3 Å². The number of carbonyl (C=O) groups excluding carboxylic acids is 1. The number of aromatic nitrogens is 2. The lowest BCUT2D eigenvalue weighted by molar-refractivity contribution is 0.0515. The Morgan fingerprint density at radius 3 is 1.84 bits per heavy atom. The minimum atomic E-state index is -3.78. The highest BCUT2D eigenvalue weighted by atomic mass is 35.5. The second-order valence-corrected chi connectivity index (χ2v) is 8.93. The first-order chi connectivity index (χ1) is 14.7. The van der Waals surface area contributed by atoms with E-state index in [2.05, 4.69) is 9.97 Å². The van der Waals surface area contributed by atoms with Crippen LogP contribution in [0.15, 0.2) is 48.5 Å². The molecule has 10 heteroatoms. The zero-order valence-electron chi connectivity index (χ0n) is 16.6. The van der Waals surface area contributed by atoms with Gasteiger partial charge in [0.05, 0.1) is 24.3 Å². The van der Waals surface area contributed by atoms with Crippen molar-refractivity contribution in [3.8, 4) is 22.5 Å². The Morgan fingerprint density at radius 2 is 1.39 bits per heavy atom. The molecule has 0 atom stereocenters. The molecule has 0 radical (unpaired) electrons. The third-order valence-corrected chi connectivity index (χ3v) is 5.13. The molecular formula is C21H18Cl2N2O5S. The molecule has 31 heavy (non-hydrogen) atoms. The van der Waals surface area contributed by atoms with E-state index in [1.165, 1.54) is 0 Å². The van der Waals surface area contributed by atoms with Gasteiger partial charge in [-0.3, -0.25) is 4.18 Å². The number of benzene rings is 2. The fraction of sp³-hybridized carbons (Fsp3) is 0.190. The number of ether oxygens (including phenoxy) is 1. The summed E-state index contributed by atoms with van der Waals surface area (Å²) in [7, 11) is -3.78. The molecule has 3 rings (SSSR count). The summed E-state index contributed by atoms with van der Waals surface area (Å²) in [5.41, 5.74) is 2.03. The summed E-state index contributed by atoms with van der Waals surface area (Å²) in [6.45, 7) is 1.30. The molecule has 0 fully saturated rings. The van der Waals surface area contributed by atoms with E-state index in [0.29, 0.717) is 32.6 Å². The molecule has 0 aliphatic rings. The lowest BCUT2D eigenvalue weighted by Crippen LogP contribution is -2.16. The SMILES string of the molecule is CCOC(=O)c1nc(-c2ccc(Cl)cc2)c(-c2ccc(Cl)cc2)nc1COS(C)(=O)=O. The minimum absolute atomic E-state index is 0.0338. The summed E-state index contributed by atoms with van der Waals surface area (Å²) in [4.78, 5) is 21.6. The quantitative estimate of drug-likeness (QED) is 0.354. The van der Waals surface area contributed by atoms with Gasteiger partial charge in [-0.25, -0.2) is 14.8 Å². The van der Waals surface area contributed by atoms with Crippen molar-refractivity contribution in [1.82, 2.24) is 9.97 Å². The number of hydrogen-bond donors (Lipinski definition) is 0. The normalized spacial score (nSPS) is 11.4. The maximum Gasteiger partial charge on any atom is 0.358 e. The Morgan fingerprint density at radius 1 is 0.903 bits per heavy atom. The van der Waals surface area contributed by atoms with Gasteiger partial charge in [0.15, 0.2) is 5.69 Å². The fourth-order valence-electron chi connectivity index (χ4n) is 2.71. The molecule has 0 amide bonds. The van der Waals surface area contributed by atoms with Crippen molar-refractivity contribution in [2.24, 2.45) is 0 Å². The lowest BCUT2D eigenvalue weighted by atomic mass is 10.0. The van der Waals surface area contributed by atoms with Gasteiger partial charge in [-0.1, -0.05) is 47.5 Å². The van der Waals surface area contributed by atoms with Crippen LogP contribution in [0.3, 0.4) is 0 Å². The smallest absolute Gasteiger partial charge is 0.358 e. The predicted molar refractivity (Wildman–Crippen MR) is 119 cm³/mol. The van der Waals surface area contributed by atoms with Crippen LogP contribution in [-0.2, 0) is 25.6 Å². The summed E-state index contributed by atoms with van der Waals surface area (Å²) >= 11 is 12.0. The molecule has 0 N–H and O–H groups in total. The van der Waals surface area contributed by atoms with Crippen LogP contribution in [0.25, 0.3) is 22.5 Å². The molecule has 162 valence electrons. The van der Waals surface area contributed by atoms with Crippen LogP contribution in [0.2, 0.25) is 10.0 Å². The monoisotopic (exact) mass is 480 g/mol. The van der Waals surface area contributed by atoms with E-state index in [1.807, 2.05) is 0 Å². The van der Waals surface area contributed by atoms with Crippen molar-refractivity contribution >= 4 is 39.3 Å². The predicted octanol–water partition coefficient (Wildman–Crippen LogP) is 4.77. The fourth-order valence-corrected chi connectivity index (χ4v) is 3.29. The summed E-state index contributed by atoms with van der Waals surface area (Å²) in [6.07, 6.45) is 0.909. The van der Waals surface area contributed by atoms with E-state index in [0.717, 1.165) is 6.26 Å². The molecule has 0 saturated heterocycles. The van der Waals surface area contributed by atoms with Gasteiger partial charge in [-0.05, 0) is 31.2 Å². The van der Waals surface area contributed by atoms with E-state index >= 15 is 0 Å². The molecular weight excluding hydrogens is 463 g/mol. The van der Waals surface area contributed by atoms with Gasteiger partial charge in [-0.2, -0.15) is 8.42 Å². The van der Waals surface area contributed by atoms with E-state index < -0.39 is 22.7 Å². The second-order valence-electron chi connectivity index (χ2n) is 6.42. The third-order valence-electron chi connectivity index (χ3n) is 4.08. The molecule has 0 unspecified atom stereocenters. The highest BCUT2D eigenvalue weighted by Gasteiger charge is 2.23. The second kappa shape index (κ2) is 9.74. The number of nitrogens with zero attached hydrogens (tertiary/aromatic N) is 2. The van der Waals surface area contributed by atoms with Gasteiger partial charge in [0, 0.05) is 21.2 Å². The molecule has 2 aromatic carbocycles. The maximum absolute atomic E-state index is 12.6. The van der Waals surface area contributed by atoms with E-state index in [-0.39, 0.29) is 18.0 Å². The first-order valence-corrected chi connectivity index (χ1v) is 11.7. The van der Waals surface area contributed by atoms with Crippen LogP contribution < -0.4 is 0 Å². The third kappa shape index (κ3) is 6.01. The zero-order valence-corrected chi connectivity index (χ0v) is 19.0. The molecule has 0 bridgehead atoms. The summed E-state index contributed by atoms with van der Waals surface area (Å²) < 4.78 is 33.0. The van der Waals surface area contributed by atoms with Crippen molar-refractivity contribution in [3.05, 3.63) is 70.0 Å². The average Bonchev–Trinajstić information content (AvgIpc) is 2.72. The van der Waals surface area contributed by atoms with Crippen molar-refractivity contribution in [1.29, 1.82) is 0 Å². The van der Waals surface area contributed by atoms with Crippen LogP contribution in [0.5, 0.6) is 0 Å².